The maximum absolute atomic E-state index is 12.0. The van der Waals surface area contributed by atoms with Gasteiger partial charge < -0.3 is 20.2 Å². The second-order valence-corrected chi connectivity index (χ2v) is 6.45. The molecular weight excluding hydrogens is 308 g/mol. The van der Waals surface area contributed by atoms with Gasteiger partial charge in [-0.3, -0.25) is 0 Å². The fraction of sp³-hybridized carbons (Fsp3) is 0.444. The van der Waals surface area contributed by atoms with Crippen LogP contribution in [0.2, 0.25) is 0 Å². The summed E-state index contributed by atoms with van der Waals surface area (Å²) in [6.07, 6.45) is 2.61. The molecule has 0 aliphatic carbocycles. The van der Waals surface area contributed by atoms with Crippen molar-refractivity contribution >= 4 is 23.0 Å². The van der Waals surface area contributed by atoms with Gasteiger partial charge in [0, 0.05) is 23.5 Å². The first-order chi connectivity index (χ1) is 11.3. The molecule has 0 aliphatic heterocycles. The maximum atomic E-state index is 12.0. The van der Waals surface area contributed by atoms with Crippen molar-refractivity contribution in [3.63, 3.8) is 0 Å². The quantitative estimate of drug-likeness (QED) is 0.625. The van der Waals surface area contributed by atoms with Crippen molar-refractivity contribution in [2.45, 2.75) is 51.7 Å². The van der Waals surface area contributed by atoms with Crippen molar-refractivity contribution in [2.24, 2.45) is 5.73 Å². The lowest BCUT2D eigenvalue weighted by Gasteiger charge is -2.23. The van der Waals surface area contributed by atoms with Gasteiger partial charge in [-0.15, -0.1) is 0 Å². The van der Waals surface area contributed by atoms with Crippen LogP contribution >= 0.6 is 0 Å². The van der Waals surface area contributed by atoms with Gasteiger partial charge in [0.15, 0.2) is 0 Å². The Labute approximate surface area is 141 Å². The number of aromatic amines is 1. The largest absolute Gasteiger partial charge is 0.516 e. The number of H-pyrrole nitrogens is 1. The maximum Gasteiger partial charge on any atom is 0.516 e. The molecule has 1 aromatic carbocycles. The molecule has 0 aliphatic rings. The van der Waals surface area contributed by atoms with Crippen molar-refractivity contribution in [2.75, 3.05) is 0 Å². The lowest BCUT2D eigenvalue weighted by atomic mass is 10.0. The summed E-state index contributed by atoms with van der Waals surface area (Å²) in [5, 5.41) is 0.993. The highest BCUT2D eigenvalue weighted by Gasteiger charge is 2.27. The molecule has 0 bridgehead atoms. The Bertz CT molecular complexity index is 721. The zero-order valence-electron chi connectivity index (χ0n) is 14.3. The van der Waals surface area contributed by atoms with Gasteiger partial charge in [0.05, 0.1) is 0 Å². The SMILES string of the molecule is CCCC(C)(C)OC(=O)OC(=O)[C@@H](N)Cc1c[nH]c2ccccc12. The van der Waals surface area contributed by atoms with Crippen LogP contribution in [0.3, 0.4) is 0 Å². The minimum atomic E-state index is -1.01. The number of hydrogen-bond donors (Lipinski definition) is 2. The summed E-state index contributed by atoms with van der Waals surface area (Å²) >= 11 is 0. The van der Waals surface area contributed by atoms with E-state index < -0.39 is 23.8 Å². The van der Waals surface area contributed by atoms with Crippen LogP contribution in [0.25, 0.3) is 10.9 Å². The first-order valence-corrected chi connectivity index (χ1v) is 8.07. The lowest BCUT2D eigenvalue weighted by molar-refractivity contribution is -0.143. The minimum absolute atomic E-state index is 0.272. The van der Waals surface area contributed by atoms with Crippen LogP contribution in [0.5, 0.6) is 0 Å². The fourth-order valence-electron chi connectivity index (χ4n) is 2.68. The fourth-order valence-corrected chi connectivity index (χ4v) is 2.68. The van der Waals surface area contributed by atoms with Crippen LogP contribution in [0.1, 0.15) is 39.2 Å². The van der Waals surface area contributed by atoms with Crippen LogP contribution in [0, 0.1) is 0 Å². The molecule has 0 fully saturated rings. The molecule has 1 aromatic heterocycles. The number of carbonyl (C=O) groups is 2. The highest BCUT2D eigenvalue weighted by Crippen LogP contribution is 2.20. The highest BCUT2D eigenvalue weighted by molar-refractivity contribution is 5.87. The predicted molar refractivity (Wildman–Crippen MR) is 91.5 cm³/mol. The van der Waals surface area contributed by atoms with Crippen molar-refractivity contribution in [1.82, 2.24) is 4.98 Å². The van der Waals surface area contributed by atoms with Crippen molar-refractivity contribution < 1.29 is 19.1 Å². The van der Waals surface area contributed by atoms with Gasteiger partial charge in [0.2, 0.25) is 0 Å². The number of nitrogens with two attached hydrogens (primary N) is 1. The van der Waals surface area contributed by atoms with E-state index in [2.05, 4.69) is 4.98 Å². The van der Waals surface area contributed by atoms with Gasteiger partial charge in [0.25, 0.3) is 0 Å². The number of hydrogen-bond acceptors (Lipinski definition) is 5. The molecule has 2 aromatic rings. The Kier molecular flexibility index (Phi) is 5.62. The monoisotopic (exact) mass is 332 g/mol. The Morgan fingerprint density at radius 1 is 1.29 bits per heavy atom. The molecular formula is C18H24N2O4. The summed E-state index contributed by atoms with van der Waals surface area (Å²) in [6.45, 7) is 5.53. The van der Waals surface area contributed by atoms with E-state index in [1.807, 2.05) is 31.2 Å². The van der Waals surface area contributed by atoms with Gasteiger partial charge in [0.1, 0.15) is 11.6 Å². The van der Waals surface area contributed by atoms with E-state index in [1.165, 1.54) is 0 Å². The average molecular weight is 332 g/mol. The first-order valence-electron chi connectivity index (χ1n) is 8.07. The number of fused-ring (bicyclic) bond motifs is 1. The molecule has 6 nitrogen and oxygen atoms in total. The number of rotatable bonds is 6. The van der Waals surface area contributed by atoms with Crippen molar-refractivity contribution in [3.8, 4) is 0 Å². The van der Waals surface area contributed by atoms with Crippen LogP contribution < -0.4 is 5.73 Å². The number of para-hydroxylation sites is 1. The van der Waals surface area contributed by atoms with E-state index in [9.17, 15) is 9.59 Å². The number of ether oxygens (including phenoxy) is 2. The number of benzene rings is 1. The minimum Gasteiger partial charge on any atom is -0.428 e. The average Bonchev–Trinajstić information content (AvgIpc) is 2.89. The lowest BCUT2D eigenvalue weighted by Crippen LogP contribution is -2.37. The molecule has 1 heterocycles. The zero-order chi connectivity index (χ0) is 17.7. The third kappa shape index (κ3) is 4.58. The normalized spacial score (nSPS) is 12.8. The summed E-state index contributed by atoms with van der Waals surface area (Å²) in [5.74, 6) is -0.794. The second-order valence-electron chi connectivity index (χ2n) is 6.45. The molecule has 0 amide bonds. The second kappa shape index (κ2) is 7.49. The molecule has 1 atom stereocenters. The zero-order valence-corrected chi connectivity index (χ0v) is 14.3. The van der Waals surface area contributed by atoms with Crippen molar-refractivity contribution in [1.29, 1.82) is 0 Å². The summed E-state index contributed by atoms with van der Waals surface area (Å²) in [4.78, 5) is 26.9. The molecule has 0 saturated carbocycles. The molecule has 24 heavy (non-hydrogen) atoms. The molecule has 0 saturated heterocycles. The summed E-state index contributed by atoms with van der Waals surface area (Å²) in [6, 6.07) is 6.78. The van der Waals surface area contributed by atoms with Crippen LogP contribution in [-0.4, -0.2) is 28.8 Å². The highest BCUT2D eigenvalue weighted by atomic mass is 16.7. The van der Waals surface area contributed by atoms with E-state index in [0.717, 1.165) is 22.9 Å². The Balaban J connectivity index is 1.94. The molecule has 3 N–H and O–H groups in total. The number of carbonyl (C=O) groups excluding carboxylic acids is 2. The van der Waals surface area contributed by atoms with E-state index in [4.69, 9.17) is 15.2 Å². The van der Waals surface area contributed by atoms with E-state index in [1.54, 1.807) is 20.0 Å². The Morgan fingerprint density at radius 3 is 2.71 bits per heavy atom. The Morgan fingerprint density at radius 2 is 2.00 bits per heavy atom. The third-order valence-electron chi connectivity index (χ3n) is 3.81. The van der Waals surface area contributed by atoms with Gasteiger partial charge in [-0.2, -0.15) is 0 Å². The smallest absolute Gasteiger partial charge is 0.428 e. The third-order valence-corrected chi connectivity index (χ3v) is 3.81. The van der Waals surface area contributed by atoms with Gasteiger partial charge in [-0.1, -0.05) is 31.5 Å². The topological polar surface area (TPSA) is 94.4 Å². The van der Waals surface area contributed by atoms with Crippen LogP contribution in [-0.2, 0) is 20.7 Å². The summed E-state index contributed by atoms with van der Waals surface area (Å²) in [5.41, 5.74) is 7.06. The van der Waals surface area contributed by atoms with Crippen LogP contribution in [0.15, 0.2) is 30.5 Å². The molecule has 2 rings (SSSR count). The molecule has 0 radical (unpaired) electrons. The van der Waals surface area contributed by atoms with E-state index >= 15 is 0 Å². The molecule has 0 spiro atoms. The van der Waals surface area contributed by atoms with Gasteiger partial charge in [-0.25, -0.2) is 9.59 Å². The number of esters is 1. The van der Waals surface area contributed by atoms with Gasteiger partial charge in [-0.05, 0) is 31.9 Å². The van der Waals surface area contributed by atoms with E-state index in [-0.39, 0.29) is 6.42 Å². The standard InChI is InChI=1S/C18H24N2O4/c1-4-9-18(2,3)24-17(22)23-16(21)14(19)10-12-11-20-15-8-6-5-7-13(12)15/h5-8,11,14,20H,4,9-10,19H2,1-3H3/t14-/m0/s1. The van der Waals surface area contributed by atoms with E-state index in [0.29, 0.717) is 6.42 Å². The van der Waals surface area contributed by atoms with Crippen molar-refractivity contribution in [3.05, 3.63) is 36.0 Å². The summed E-state index contributed by atoms with van der Waals surface area (Å²) < 4.78 is 9.88. The molecule has 130 valence electrons. The predicted octanol–water partition coefficient (Wildman–Crippen LogP) is 3.30. The molecule has 0 unspecified atom stereocenters. The molecule has 6 heteroatoms. The summed E-state index contributed by atoms with van der Waals surface area (Å²) in [7, 11) is 0. The number of aromatic nitrogens is 1. The Hall–Kier alpha value is -2.34. The van der Waals surface area contributed by atoms with Crippen LogP contribution in [0.4, 0.5) is 4.79 Å². The van der Waals surface area contributed by atoms with Gasteiger partial charge >= 0.3 is 12.1 Å². The first kappa shape index (κ1) is 18.0. The number of nitrogens with one attached hydrogen (secondary N) is 1.